The van der Waals surface area contributed by atoms with E-state index in [4.69, 9.17) is 0 Å². The predicted octanol–water partition coefficient (Wildman–Crippen LogP) is 5.35. The Balaban J connectivity index is 2.21. The molecule has 2 heteroatoms. The molecule has 0 aliphatic rings. The molecule has 0 unspecified atom stereocenters. The van der Waals surface area contributed by atoms with Gasteiger partial charge in [-0.25, -0.2) is 0 Å². The number of para-hydroxylation sites is 1. The lowest BCUT2D eigenvalue weighted by Crippen LogP contribution is -1.81. The van der Waals surface area contributed by atoms with E-state index in [1.807, 2.05) is 54.7 Å². The molecular formula is C18H16BrN. The molecule has 2 aromatic carbocycles. The summed E-state index contributed by atoms with van der Waals surface area (Å²) in [5.74, 6) is 6.36. The zero-order valence-corrected chi connectivity index (χ0v) is 13.0. The Labute approximate surface area is 128 Å². The van der Waals surface area contributed by atoms with Crippen LogP contribution in [0.2, 0.25) is 0 Å². The van der Waals surface area contributed by atoms with Crippen LogP contribution in [0.1, 0.15) is 30.9 Å². The van der Waals surface area contributed by atoms with Crippen molar-refractivity contribution in [2.75, 3.05) is 0 Å². The minimum absolute atomic E-state index is 0.916. The van der Waals surface area contributed by atoms with Crippen LogP contribution in [0.25, 0.3) is 0 Å². The van der Waals surface area contributed by atoms with Crippen LogP contribution in [0.3, 0.4) is 0 Å². The second-order valence-electron chi connectivity index (χ2n) is 4.38. The average Bonchev–Trinajstić information content (AvgIpc) is 2.48. The molecule has 0 amide bonds. The molecule has 0 atom stereocenters. The Morgan fingerprint density at radius 2 is 1.85 bits per heavy atom. The van der Waals surface area contributed by atoms with E-state index in [-0.39, 0.29) is 0 Å². The van der Waals surface area contributed by atoms with Crippen molar-refractivity contribution >= 4 is 27.8 Å². The molecule has 0 saturated heterocycles. The van der Waals surface area contributed by atoms with Gasteiger partial charge in [-0.3, -0.25) is 4.99 Å². The van der Waals surface area contributed by atoms with Gasteiger partial charge in [-0.1, -0.05) is 59.0 Å². The minimum Gasteiger partial charge on any atom is -0.255 e. The molecule has 100 valence electrons. The molecule has 0 fully saturated rings. The summed E-state index contributed by atoms with van der Waals surface area (Å²) in [6, 6.07) is 16.1. The second kappa shape index (κ2) is 7.67. The highest BCUT2D eigenvalue weighted by molar-refractivity contribution is 9.10. The number of aliphatic imine (C=N–C) groups is 1. The van der Waals surface area contributed by atoms with Gasteiger partial charge < -0.3 is 0 Å². The first-order valence-corrected chi connectivity index (χ1v) is 7.46. The third-order valence-corrected chi connectivity index (χ3v) is 3.25. The van der Waals surface area contributed by atoms with E-state index in [1.165, 1.54) is 0 Å². The van der Waals surface area contributed by atoms with Crippen molar-refractivity contribution in [3.63, 3.8) is 0 Å². The standard InChI is InChI=1S/C18H16BrN/c1-2-3-4-7-16-8-5-6-9-18(16)20-14-15-10-12-17(19)13-11-15/h5-6,8-14H,2-3H2,1H3. The number of rotatable bonds is 3. The minimum atomic E-state index is 0.916. The highest BCUT2D eigenvalue weighted by atomic mass is 79.9. The van der Waals surface area contributed by atoms with Crippen LogP contribution in [0.5, 0.6) is 0 Å². The summed E-state index contributed by atoms with van der Waals surface area (Å²) in [6.07, 6.45) is 3.87. The van der Waals surface area contributed by atoms with E-state index in [2.05, 4.69) is 39.7 Å². The average molecular weight is 326 g/mol. The number of unbranched alkanes of at least 4 members (excludes halogenated alkanes) is 1. The van der Waals surface area contributed by atoms with Gasteiger partial charge in [-0.05, 0) is 36.2 Å². The molecule has 0 aliphatic carbocycles. The number of nitrogens with zero attached hydrogens (tertiary/aromatic N) is 1. The molecule has 0 bridgehead atoms. The van der Waals surface area contributed by atoms with Crippen LogP contribution in [0, 0.1) is 11.8 Å². The van der Waals surface area contributed by atoms with Crippen LogP contribution in [-0.4, -0.2) is 6.21 Å². The maximum Gasteiger partial charge on any atom is 0.0786 e. The lowest BCUT2D eigenvalue weighted by molar-refractivity contribution is 0.983. The summed E-state index contributed by atoms with van der Waals surface area (Å²) >= 11 is 3.43. The largest absolute Gasteiger partial charge is 0.255 e. The Morgan fingerprint density at radius 3 is 2.60 bits per heavy atom. The maximum absolute atomic E-state index is 4.54. The SMILES string of the molecule is CCCC#Cc1ccccc1N=Cc1ccc(Br)cc1. The zero-order chi connectivity index (χ0) is 14.2. The molecule has 0 heterocycles. The van der Waals surface area contributed by atoms with Crippen molar-refractivity contribution in [3.05, 3.63) is 64.1 Å². The first kappa shape index (κ1) is 14.6. The lowest BCUT2D eigenvalue weighted by atomic mass is 10.1. The topological polar surface area (TPSA) is 12.4 Å². The monoisotopic (exact) mass is 325 g/mol. The second-order valence-corrected chi connectivity index (χ2v) is 5.29. The number of halogens is 1. The third kappa shape index (κ3) is 4.36. The Hall–Kier alpha value is -1.85. The van der Waals surface area contributed by atoms with E-state index in [9.17, 15) is 0 Å². The molecule has 0 saturated carbocycles. The summed E-state index contributed by atoms with van der Waals surface area (Å²) in [5.41, 5.74) is 2.97. The van der Waals surface area contributed by atoms with E-state index < -0.39 is 0 Å². The normalized spacial score (nSPS) is 10.3. The van der Waals surface area contributed by atoms with E-state index in [1.54, 1.807) is 0 Å². The third-order valence-electron chi connectivity index (χ3n) is 2.72. The van der Waals surface area contributed by atoms with Crippen molar-refractivity contribution in [3.8, 4) is 11.8 Å². The molecule has 1 nitrogen and oxygen atoms in total. The van der Waals surface area contributed by atoms with Crippen molar-refractivity contribution in [2.45, 2.75) is 19.8 Å². The quantitative estimate of drug-likeness (QED) is 0.532. The Kier molecular flexibility index (Phi) is 5.58. The van der Waals surface area contributed by atoms with Crippen LogP contribution >= 0.6 is 15.9 Å². The molecule has 20 heavy (non-hydrogen) atoms. The summed E-state index contributed by atoms with van der Waals surface area (Å²) in [6.45, 7) is 2.13. The van der Waals surface area contributed by atoms with E-state index >= 15 is 0 Å². The highest BCUT2D eigenvalue weighted by Gasteiger charge is 1.96. The summed E-state index contributed by atoms with van der Waals surface area (Å²) in [4.78, 5) is 4.54. The van der Waals surface area contributed by atoms with Gasteiger partial charge in [0.2, 0.25) is 0 Å². The van der Waals surface area contributed by atoms with Crippen molar-refractivity contribution in [1.29, 1.82) is 0 Å². The first-order chi connectivity index (χ1) is 9.79. The van der Waals surface area contributed by atoms with E-state index in [0.29, 0.717) is 0 Å². The maximum atomic E-state index is 4.54. The highest BCUT2D eigenvalue weighted by Crippen LogP contribution is 2.18. The summed E-state index contributed by atoms with van der Waals surface area (Å²) in [5, 5.41) is 0. The number of hydrogen-bond acceptors (Lipinski definition) is 1. The van der Waals surface area contributed by atoms with Gasteiger partial charge in [0.25, 0.3) is 0 Å². The zero-order valence-electron chi connectivity index (χ0n) is 11.4. The van der Waals surface area contributed by atoms with Gasteiger partial charge in [0.15, 0.2) is 0 Å². The van der Waals surface area contributed by atoms with E-state index in [0.717, 1.165) is 34.1 Å². The first-order valence-electron chi connectivity index (χ1n) is 6.67. The van der Waals surface area contributed by atoms with Crippen molar-refractivity contribution < 1.29 is 0 Å². The molecule has 0 N–H and O–H groups in total. The fraction of sp³-hybridized carbons (Fsp3) is 0.167. The molecule has 0 aliphatic heterocycles. The fourth-order valence-corrected chi connectivity index (χ4v) is 1.93. The molecule has 2 rings (SSSR count). The van der Waals surface area contributed by atoms with Gasteiger partial charge in [0.1, 0.15) is 0 Å². The van der Waals surface area contributed by atoms with Crippen molar-refractivity contribution in [2.24, 2.45) is 4.99 Å². The van der Waals surface area contributed by atoms with Gasteiger partial charge >= 0.3 is 0 Å². The van der Waals surface area contributed by atoms with Crippen LogP contribution in [-0.2, 0) is 0 Å². The Bertz CT molecular complexity index is 645. The Morgan fingerprint density at radius 1 is 1.10 bits per heavy atom. The van der Waals surface area contributed by atoms with Gasteiger partial charge in [0.05, 0.1) is 11.3 Å². The number of benzene rings is 2. The van der Waals surface area contributed by atoms with Gasteiger partial charge in [0, 0.05) is 17.1 Å². The lowest BCUT2D eigenvalue weighted by Gasteiger charge is -1.98. The molecule has 0 aromatic heterocycles. The smallest absolute Gasteiger partial charge is 0.0786 e. The molecule has 2 aromatic rings. The van der Waals surface area contributed by atoms with Crippen LogP contribution < -0.4 is 0 Å². The van der Waals surface area contributed by atoms with Gasteiger partial charge in [-0.2, -0.15) is 0 Å². The van der Waals surface area contributed by atoms with Gasteiger partial charge in [-0.15, -0.1) is 0 Å². The fourth-order valence-electron chi connectivity index (χ4n) is 1.67. The molecular weight excluding hydrogens is 310 g/mol. The predicted molar refractivity (Wildman–Crippen MR) is 89.6 cm³/mol. The molecule has 0 radical (unpaired) electrons. The summed E-state index contributed by atoms with van der Waals surface area (Å²) < 4.78 is 1.07. The van der Waals surface area contributed by atoms with Crippen LogP contribution in [0.15, 0.2) is 58.0 Å². The molecule has 0 spiro atoms. The summed E-state index contributed by atoms with van der Waals surface area (Å²) in [7, 11) is 0. The van der Waals surface area contributed by atoms with Crippen LogP contribution in [0.4, 0.5) is 5.69 Å². The number of hydrogen-bond donors (Lipinski definition) is 0. The van der Waals surface area contributed by atoms with Crippen molar-refractivity contribution in [1.82, 2.24) is 0 Å².